The number of amides is 2. The Morgan fingerprint density at radius 1 is 0.925 bits per heavy atom. The van der Waals surface area contributed by atoms with E-state index < -0.39 is 28.5 Å². The van der Waals surface area contributed by atoms with E-state index in [0.717, 1.165) is 42.4 Å². The van der Waals surface area contributed by atoms with E-state index in [9.17, 15) is 18.0 Å². The highest BCUT2D eigenvalue weighted by molar-refractivity contribution is 7.92. The molecule has 1 aliphatic rings. The second-order valence-electron chi connectivity index (χ2n) is 10.6. The average molecular weight is 562 g/mol. The summed E-state index contributed by atoms with van der Waals surface area (Å²) in [6.07, 6.45) is 4.58. The number of carbonyl (C=O) groups excluding carboxylic acids is 2. The lowest BCUT2D eigenvalue weighted by molar-refractivity contribution is -0.139. The van der Waals surface area contributed by atoms with Crippen molar-refractivity contribution < 1.29 is 18.0 Å². The molecule has 4 rings (SSSR count). The quantitative estimate of drug-likeness (QED) is 0.356. The Labute approximate surface area is 238 Å². The first kappa shape index (κ1) is 29.3. The Morgan fingerprint density at radius 2 is 1.55 bits per heavy atom. The van der Waals surface area contributed by atoms with E-state index in [1.54, 1.807) is 31.2 Å². The zero-order valence-corrected chi connectivity index (χ0v) is 24.4. The minimum absolute atomic E-state index is 0.103. The van der Waals surface area contributed by atoms with Gasteiger partial charge in [-0.2, -0.15) is 0 Å². The smallest absolute Gasteiger partial charge is 0.264 e. The van der Waals surface area contributed by atoms with Crippen LogP contribution in [0.2, 0.25) is 0 Å². The van der Waals surface area contributed by atoms with Gasteiger partial charge in [0.25, 0.3) is 10.0 Å². The van der Waals surface area contributed by atoms with Gasteiger partial charge in [-0.3, -0.25) is 13.9 Å². The lowest BCUT2D eigenvalue weighted by Gasteiger charge is -2.33. The van der Waals surface area contributed by atoms with Gasteiger partial charge in [-0.1, -0.05) is 73.5 Å². The molecule has 0 radical (unpaired) electrons. The predicted octanol–water partition coefficient (Wildman–Crippen LogP) is 5.02. The van der Waals surface area contributed by atoms with Crippen molar-refractivity contribution in [3.8, 4) is 0 Å². The summed E-state index contributed by atoms with van der Waals surface area (Å²) in [5, 5.41) is 3.11. The minimum atomic E-state index is -4.07. The fourth-order valence-electron chi connectivity index (χ4n) is 5.18. The number of sulfonamides is 1. The molecular weight excluding hydrogens is 522 g/mol. The maximum absolute atomic E-state index is 14.0. The number of hydrogen-bond donors (Lipinski definition) is 1. The summed E-state index contributed by atoms with van der Waals surface area (Å²) in [6.45, 7) is 5.31. The molecular formula is C32H39N3O4S. The van der Waals surface area contributed by atoms with Crippen molar-refractivity contribution in [1.29, 1.82) is 0 Å². The first-order chi connectivity index (χ1) is 19.2. The van der Waals surface area contributed by atoms with Crippen LogP contribution in [0.15, 0.2) is 83.8 Å². The zero-order valence-electron chi connectivity index (χ0n) is 23.5. The van der Waals surface area contributed by atoms with Gasteiger partial charge < -0.3 is 10.2 Å². The highest BCUT2D eigenvalue weighted by Crippen LogP contribution is 2.28. The Morgan fingerprint density at radius 3 is 2.20 bits per heavy atom. The molecule has 0 aliphatic heterocycles. The van der Waals surface area contributed by atoms with Gasteiger partial charge in [0.2, 0.25) is 11.8 Å². The van der Waals surface area contributed by atoms with E-state index in [1.807, 2.05) is 56.3 Å². The molecule has 3 aromatic carbocycles. The van der Waals surface area contributed by atoms with Crippen molar-refractivity contribution in [2.75, 3.05) is 17.4 Å². The second kappa shape index (κ2) is 13.1. The number of aryl methyl sites for hydroxylation is 2. The number of rotatable bonds is 11. The summed E-state index contributed by atoms with van der Waals surface area (Å²) in [7, 11) is -4.07. The van der Waals surface area contributed by atoms with Crippen LogP contribution in [-0.4, -0.2) is 50.3 Å². The number of hydrogen-bond acceptors (Lipinski definition) is 4. The molecule has 40 heavy (non-hydrogen) atoms. The minimum Gasteiger partial charge on any atom is -0.352 e. The second-order valence-corrected chi connectivity index (χ2v) is 12.5. The molecule has 1 atom stereocenters. The van der Waals surface area contributed by atoms with Gasteiger partial charge in [0, 0.05) is 12.6 Å². The largest absolute Gasteiger partial charge is 0.352 e. The molecule has 7 nitrogen and oxygen atoms in total. The normalized spacial score (nSPS) is 14.5. The number of nitrogens with zero attached hydrogens (tertiary/aromatic N) is 2. The van der Waals surface area contributed by atoms with Gasteiger partial charge in [0.05, 0.1) is 10.6 Å². The number of carbonyl (C=O) groups is 2. The molecule has 0 heterocycles. The number of anilines is 1. The van der Waals surface area contributed by atoms with Crippen LogP contribution < -0.4 is 9.62 Å². The molecule has 212 valence electrons. The molecule has 0 saturated heterocycles. The van der Waals surface area contributed by atoms with Gasteiger partial charge >= 0.3 is 0 Å². The van der Waals surface area contributed by atoms with E-state index in [4.69, 9.17) is 0 Å². The lowest BCUT2D eigenvalue weighted by atomic mass is 10.1. The summed E-state index contributed by atoms with van der Waals surface area (Å²) in [5.41, 5.74) is 3.10. The van der Waals surface area contributed by atoms with E-state index in [1.165, 1.54) is 21.3 Å². The molecule has 8 heteroatoms. The first-order valence-corrected chi connectivity index (χ1v) is 15.4. The molecule has 0 bridgehead atoms. The first-order valence-electron chi connectivity index (χ1n) is 14.0. The average Bonchev–Trinajstić information content (AvgIpc) is 3.47. The lowest BCUT2D eigenvalue weighted by Crippen LogP contribution is -2.53. The summed E-state index contributed by atoms with van der Waals surface area (Å²) in [6, 6.07) is 22.8. The summed E-state index contributed by atoms with van der Waals surface area (Å²) in [5.74, 6) is -0.636. The standard InChI is InChI=1S/C32H39N3O4S/c1-24-18-19-25(2)30(22-24)35(40(38,39)29-16-8-5-9-17-29)23-31(36)34(21-20-27-12-6-4-7-13-27)26(3)32(37)33-28-14-10-11-15-28/h4-9,12-13,16-19,22,26,28H,10-11,14-15,20-21,23H2,1-3H3,(H,33,37)/t26-/m0/s1. The third-order valence-corrected chi connectivity index (χ3v) is 9.37. The van der Waals surface area contributed by atoms with Gasteiger partial charge in [0.1, 0.15) is 12.6 Å². The highest BCUT2D eigenvalue weighted by Gasteiger charge is 2.33. The fourth-order valence-corrected chi connectivity index (χ4v) is 6.67. The molecule has 0 unspecified atom stereocenters. The van der Waals surface area contributed by atoms with E-state index in [0.29, 0.717) is 12.1 Å². The van der Waals surface area contributed by atoms with Gasteiger partial charge in [0.15, 0.2) is 0 Å². The van der Waals surface area contributed by atoms with Crippen LogP contribution in [-0.2, 0) is 26.0 Å². The predicted molar refractivity (Wildman–Crippen MR) is 159 cm³/mol. The van der Waals surface area contributed by atoms with Crippen LogP contribution in [0.4, 0.5) is 5.69 Å². The van der Waals surface area contributed by atoms with Gasteiger partial charge in [-0.05, 0) is 74.9 Å². The number of benzene rings is 3. The van der Waals surface area contributed by atoms with Crippen molar-refractivity contribution >= 4 is 27.5 Å². The van der Waals surface area contributed by atoms with Crippen molar-refractivity contribution in [2.24, 2.45) is 0 Å². The van der Waals surface area contributed by atoms with Crippen molar-refractivity contribution in [3.63, 3.8) is 0 Å². The maximum Gasteiger partial charge on any atom is 0.264 e. The third-order valence-electron chi connectivity index (χ3n) is 7.60. The van der Waals surface area contributed by atoms with Crippen LogP contribution in [0.5, 0.6) is 0 Å². The van der Waals surface area contributed by atoms with Crippen LogP contribution in [0.25, 0.3) is 0 Å². The zero-order chi connectivity index (χ0) is 28.7. The third kappa shape index (κ3) is 7.10. The van der Waals surface area contributed by atoms with Crippen LogP contribution in [0, 0.1) is 13.8 Å². The molecule has 0 spiro atoms. The van der Waals surface area contributed by atoms with Crippen molar-refractivity contribution in [2.45, 2.75) is 69.9 Å². The van der Waals surface area contributed by atoms with Crippen LogP contribution >= 0.6 is 0 Å². The fraction of sp³-hybridized carbons (Fsp3) is 0.375. The van der Waals surface area contributed by atoms with Gasteiger partial charge in [-0.15, -0.1) is 0 Å². The molecule has 1 fully saturated rings. The molecule has 1 N–H and O–H groups in total. The van der Waals surface area contributed by atoms with E-state index in [-0.39, 0.29) is 23.4 Å². The topological polar surface area (TPSA) is 86.8 Å². The van der Waals surface area contributed by atoms with Crippen LogP contribution in [0.3, 0.4) is 0 Å². The SMILES string of the molecule is Cc1ccc(C)c(N(CC(=O)N(CCc2ccccc2)[C@@H](C)C(=O)NC2CCCC2)S(=O)(=O)c2ccccc2)c1. The Bertz CT molecular complexity index is 1400. The Kier molecular flexibility index (Phi) is 9.63. The summed E-state index contributed by atoms with van der Waals surface area (Å²) in [4.78, 5) is 29.0. The van der Waals surface area contributed by atoms with Crippen LogP contribution in [0.1, 0.15) is 49.3 Å². The van der Waals surface area contributed by atoms with E-state index in [2.05, 4.69) is 5.32 Å². The molecule has 1 aliphatic carbocycles. The molecule has 0 aromatic heterocycles. The monoisotopic (exact) mass is 561 g/mol. The Balaban J connectivity index is 1.66. The highest BCUT2D eigenvalue weighted by atomic mass is 32.2. The molecule has 1 saturated carbocycles. The maximum atomic E-state index is 14.0. The summed E-state index contributed by atoms with van der Waals surface area (Å²) < 4.78 is 29.1. The molecule has 2 amide bonds. The van der Waals surface area contributed by atoms with Crippen molar-refractivity contribution in [1.82, 2.24) is 10.2 Å². The summed E-state index contributed by atoms with van der Waals surface area (Å²) >= 11 is 0. The molecule has 3 aromatic rings. The number of nitrogens with one attached hydrogen (secondary N) is 1. The van der Waals surface area contributed by atoms with Crippen molar-refractivity contribution in [3.05, 3.63) is 95.6 Å². The van der Waals surface area contributed by atoms with E-state index >= 15 is 0 Å². The Hall–Kier alpha value is -3.65. The van der Waals surface area contributed by atoms with Gasteiger partial charge in [-0.25, -0.2) is 8.42 Å².